The van der Waals surface area contributed by atoms with E-state index in [4.69, 9.17) is 15.2 Å². The lowest BCUT2D eigenvalue weighted by Crippen LogP contribution is -2.19. The monoisotopic (exact) mass is 245 g/mol. The van der Waals surface area contributed by atoms with Gasteiger partial charge in [-0.05, 0) is 12.5 Å². The van der Waals surface area contributed by atoms with Crippen LogP contribution in [0.25, 0.3) is 0 Å². The topological polar surface area (TPSA) is 44.5 Å². The first kappa shape index (κ1) is 14.0. The number of hydrogen-bond donors (Lipinski definition) is 1. The molecular formula is C12H17F2NO2. The summed E-state index contributed by atoms with van der Waals surface area (Å²) in [4.78, 5) is 0. The van der Waals surface area contributed by atoms with Gasteiger partial charge in [-0.15, -0.1) is 0 Å². The van der Waals surface area contributed by atoms with Gasteiger partial charge in [-0.25, -0.2) is 8.78 Å². The van der Waals surface area contributed by atoms with Crippen LogP contribution in [-0.4, -0.2) is 26.9 Å². The maximum atomic E-state index is 13.4. The summed E-state index contributed by atoms with van der Waals surface area (Å²) in [5.74, 6) is -1.79. The van der Waals surface area contributed by atoms with Gasteiger partial charge in [0.1, 0.15) is 0 Å². The van der Waals surface area contributed by atoms with Gasteiger partial charge < -0.3 is 15.2 Å². The minimum Gasteiger partial charge on any atom is -0.385 e. The Morgan fingerprint density at radius 2 is 2.06 bits per heavy atom. The summed E-state index contributed by atoms with van der Waals surface area (Å²) in [7, 11) is 1.61. The van der Waals surface area contributed by atoms with Gasteiger partial charge in [0, 0.05) is 25.9 Å². The molecule has 0 saturated heterocycles. The van der Waals surface area contributed by atoms with E-state index in [2.05, 4.69) is 0 Å². The zero-order valence-corrected chi connectivity index (χ0v) is 9.79. The van der Waals surface area contributed by atoms with E-state index < -0.39 is 17.7 Å². The normalized spacial score (nSPS) is 12.7. The maximum Gasteiger partial charge on any atom is 0.163 e. The van der Waals surface area contributed by atoms with Crippen molar-refractivity contribution in [3.05, 3.63) is 35.4 Å². The average Bonchev–Trinajstić information content (AvgIpc) is 2.32. The molecule has 5 heteroatoms. The number of benzene rings is 1. The van der Waals surface area contributed by atoms with Gasteiger partial charge in [-0.1, -0.05) is 12.1 Å². The molecule has 0 spiro atoms. The summed E-state index contributed by atoms with van der Waals surface area (Å²) < 4.78 is 36.4. The summed E-state index contributed by atoms with van der Waals surface area (Å²) in [5, 5.41) is 0. The van der Waals surface area contributed by atoms with Crippen molar-refractivity contribution in [2.45, 2.75) is 12.5 Å². The molecule has 0 aliphatic rings. The predicted molar refractivity (Wildman–Crippen MR) is 60.6 cm³/mol. The standard InChI is InChI=1S/C12H17F2NO2/c1-16-6-3-7-17-8-11(15)9-4-2-5-10(13)12(9)14/h2,4-5,11H,3,6-8,15H2,1H3. The number of nitrogens with two attached hydrogens (primary N) is 1. The Bertz CT molecular complexity index is 347. The molecular weight excluding hydrogens is 228 g/mol. The molecule has 2 N–H and O–H groups in total. The Hall–Kier alpha value is -1.04. The number of rotatable bonds is 7. The third-order valence-corrected chi connectivity index (χ3v) is 2.32. The molecule has 0 aliphatic heterocycles. The lowest BCUT2D eigenvalue weighted by Gasteiger charge is -2.13. The maximum absolute atomic E-state index is 13.4. The zero-order chi connectivity index (χ0) is 12.7. The van der Waals surface area contributed by atoms with E-state index in [0.29, 0.717) is 13.2 Å². The van der Waals surface area contributed by atoms with Crippen molar-refractivity contribution in [1.29, 1.82) is 0 Å². The second kappa shape index (κ2) is 7.32. The predicted octanol–water partition coefficient (Wildman–Crippen LogP) is 2.02. The summed E-state index contributed by atoms with van der Waals surface area (Å²) in [6.45, 7) is 1.24. The van der Waals surface area contributed by atoms with Crippen LogP contribution in [0.15, 0.2) is 18.2 Å². The van der Waals surface area contributed by atoms with E-state index in [1.807, 2.05) is 0 Å². The fourth-order valence-electron chi connectivity index (χ4n) is 1.41. The van der Waals surface area contributed by atoms with Crippen molar-refractivity contribution in [2.75, 3.05) is 26.9 Å². The summed E-state index contributed by atoms with van der Waals surface area (Å²) in [5.41, 5.74) is 5.85. The van der Waals surface area contributed by atoms with Gasteiger partial charge in [0.15, 0.2) is 11.6 Å². The molecule has 1 atom stereocenters. The first-order valence-electron chi connectivity index (χ1n) is 5.43. The molecule has 3 nitrogen and oxygen atoms in total. The molecule has 0 radical (unpaired) electrons. The fourth-order valence-corrected chi connectivity index (χ4v) is 1.41. The molecule has 1 rings (SSSR count). The van der Waals surface area contributed by atoms with Gasteiger partial charge in [0.05, 0.1) is 12.6 Å². The molecule has 96 valence electrons. The van der Waals surface area contributed by atoms with E-state index in [0.717, 1.165) is 12.5 Å². The minimum absolute atomic E-state index is 0.136. The lowest BCUT2D eigenvalue weighted by molar-refractivity contribution is 0.0933. The minimum atomic E-state index is -0.902. The first-order valence-corrected chi connectivity index (χ1v) is 5.43. The second-order valence-corrected chi connectivity index (χ2v) is 3.67. The van der Waals surface area contributed by atoms with E-state index in [1.54, 1.807) is 7.11 Å². The highest BCUT2D eigenvalue weighted by molar-refractivity contribution is 5.22. The fraction of sp³-hybridized carbons (Fsp3) is 0.500. The van der Waals surface area contributed by atoms with Crippen LogP contribution < -0.4 is 5.73 Å². The van der Waals surface area contributed by atoms with Crippen molar-refractivity contribution >= 4 is 0 Å². The van der Waals surface area contributed by atoms with Crippen molar-refractivity contribution < 1.29 is 18.3 Å². The quantitative estimate of drug-likeness (QED) is 0.747. The third kappa shape index (κ3) is 4.38. The molecule has 1 aromatic rings. The molecule has 0 fully saturated rings. The van der Waals surface area contributed by atoms with Crippen molar-refractivity contribution in [2.24, 2.45) is 5.73 Å². The van der Waals surface area contributed by atoms with Crippen LogP contribution in [0, 0.1) is 11.6 Å². The smallest absolute Gasteiger partial charge is 0.163 e. The van der Waals surface area contributed by atoms with Crippen molar-refractivity contribution in [3.8, 4) is 0 Å². The summed E-state index contributed by atoms with van der Waals surface area (Å²) >= 11 is 0. The SMILES string of the molecule is COCCCOCC(N)c1cccc(F)c1F. The average molecular weight is 245 g/mol. The first-order chi connectivity index (χ1) is 8.16. The van der Waals surface area contributed by atoms with Crippen LogP contribution in [0.5, 0.6) is 0 Å². The number of ether oxygens (including phenoxy) is 2. The molecule has 1 unspecified atom stereocenters. The van der Waals surface area contributed by atoms with Gasteiger partial charge in [0.2, 0.25) is 0 Å². The highest BCUT2D eigenvalue weighted by Crippen LogP contribution is 2.17. The van der Waals surface area contributed by atoms with E-state index in [1.165, 1.54) is 12.1 Å². The van der Waals surface area contributed by atoms with Crippen LogP contribution in [0.3, 0.4) is 0 Å². The Morgan fingerprint density at radius 1 is 1.29 bits per heavy atom. The van der Waals surface area contributed by atoms with Gasteiger partial charge in [-0.3, -0.25) is 0 Å². The van der Waals surface area contributed by atoms with E-state index in [-0.39, 0.29) is 12.2 Å². The molecule has 0 aromatic heterocycles. The molecule has 0 heterocycles. The summed E-state index contributed by atoms with van der Waals surface area (Å²) in [6.07, 6.45) is 0.745. The number of halogens is 2. The molecule has 0 aliphatic carbocycles. The number of hydrogen-bond acceptors (Lipinski definition) is 3. The van der Waals surface area contributed by atoms with Crippen molar-refractivity contribution in [1.82, 2.24) is 0 Å². The molecule has 0 amide bonds. The lowest BCUT2D eigenvalue weighted by atomic mass is 10.1. The van der Waals surface area contributed by atoms with Crippen LogP contribution >= 0.6 is 0 Å². The Balaban J connectivity index is 2.41. The number of methoxy groups -OCH3 is 1. The Morgan fingerprint density at radius 3 is 2.76 bits per heavy atom. The zero-order valence-electron chi connectivity index (χ0n) is 9.79. The Kier molecular flexibility index (Phi) is 6.04. The highest BCUT2D eigenvalue weighted by Gasteiger charge is 2.14. The van der Waals surface area contributed by atoms with Crippen LogP contribution in [0.2, 0.25) is 0 Å². The van der Waals surface area contributed by atoms with Gasteiger partial charge in [-0.2, -0.15) is 0 Å². The van der Waals surface area contributed by atoms with Crippen LogP contribution in [0.1, 0.15) is 18.0 Å². The van der Waals surface area contributed by atoms with E-state index in [9.17, 15) is 8.78 Å². The highest BCUT2D eigenvalue weighted by atomic mass is 19.2. The third-order valence-electron chi connectivity index (χ3n) is 2.32. The molecule has 1 aromatic carbocycles. The Labute approximate surface area is 99.5 Å². The second-order valence-electron chi connectivity index (χ2n) is 3.67. The summed E-state index contributed by atoms with van der Waals surface area (Å²) in [6, 6.07) is 3.29. The molecule has 0 saturated carbocycles. The van der Waals surface area contributed by atoms with Gasteiger partial charge >= 0.3 is 0 Å². The van der Waals surface area contributed by atoms with Crippen LogP contribution in [-0.2, 0) is 9.47 Å². The van der Waals surface area contributed by atoms with Crippen LogP contribution in [0.4, 0.5) is 8.78 Å². The van der Waals surface area contributed by atoms with Gasteiger partial charge in [0.25, 0.3) is 0 Å². The van der Waals surface area contributed by atoms with Crippen molar-refractivity contribution in [3.63, 3.8) is 0 Å². The van der Waals surface area contributed by atoms with E-state index >= 15 is 0 Å². The molecule has 17 heavy (non-hydrogen) atoms. The largest absolute Gasteiger partial charge is 0.385 e. The molecule has 0 bridgehead atoms.